The summed E-state index contributed by atoms with van der Waals surface area (Å²) in [5.41, 5.74) is 6.80. The van der Waals surface area contributed by atoms with Crippen LogP contribution >= 0.6 is 31.9 Å². The summed E-state index contributed by atoms with van der Waals surface area (Å²) in [6.45, 7) is 0. The van der Waals surface area contributed by atoms with Crippen LogP contribution in [0, 0.1) is 0 Å². The fraction of sp³-hybridized carbons (Fsp3) is 0.214. The van der Waals surface area contributed by atoms with E-state index in [4.69, 9.17) is 5.73 Å². The van der Waals surface area contributed by atoms with E-state index in [0.717, 1.165) is 26.6 Å². The molecule has 0 amide bonds. The lowest BCUT2D eigenvalue weighted by Gasteiger charge is -2.14. The molecule has 0 aliphatic rings. The van der Waals surface area contributed by atoms with Crippen LogP contribution in [0.25, 0.3) is 0 Å². The summed E-state index contributed by atoms with van der Waals surface area (Å²) in [6, 6.07) is 6.43. The van der Waals surface area contributed by atoms with Crippen LogP contribution in [0.5, 0.6) is 0 Å². The highest BCUT2D eigenvalue weighted by atomic mass is 79.9. The third-order valence-electron chi connectivity index (χ3n) is 2.92. The second kappa shape index (κ2) is 6.46. The minimum Gasteiger partial charge on any atom is -0.322 e. The molecule has 1 aromatic carbocycles. The summed E-state index contributed by atoms with van der Waals surface area (Å²) in [7, 11) is 0. The largest absolute Gasteiger partial charge is 0.416 e. The topological polar surface area (TPSA) is 38.9 Å². The van der Waals surface area contributed by atoms with Gasteiger partial charge < -0.3 is 5.73 Å². The van der Waals surface area contributed by atoms with Gasteiger partial charge >= 0.3 is 6.18 Å². The summed E-state index contributed by atoms with van der Waals surface area (Å²) >= 11 is 6.68. The minimum atomic E-state index is -4.32. The number of halogens is 5. The molecule has 2 aromatic rings. The van der Waals surface area contributed by atoms with Crippen LogP contribution in [0.3, 0.4) is 0 Å². The summed E-state index contributed by atoms with van der Waals surface area (Å²) in [6.07, 6.45) is -2.28. The highest BCUT2D eigenvalue weighted by Crippen LogP contribution is 2.30. The van der Waals surface area contributed by atoms with E-state index in [1.807, 2.05) is 6.07 Å². The molecular weight excluding hydrogens is 413 g/mol. The molecule has 0 saturated carbocycles. The maximum Gasteiger partial charge on any atom is 0.416 e. The van der Waals surface area contributed by atoms with Crippen molar-refractivity contribution in [3.63, 3.8) is 0 Å². The van der Waals surface area contributed by atoms with Crippen molar-refractivity contribution >= 4 is 31.9 Å². The normalized spacial score (nSPS) is 13.2. The minimum absolute atomic E-state index is 0.399. The Labute approximate surface area is 136 Å². The Kier molecular flexibility index (Phi) is 5.06. The predicted octanol–water partition coefficient (Wildman–Crippen LogP) is 4.87. The number of aromatic nitrogens is 1. The van der Waals surface area contributed by atoms with Crippen LogP contribution in [0.2, 0.25) is 0 Å². The van der Waals surface area contributed by atoms with Gasteiger partial charge in [0, 0.05) is 15.1 Å². The smallest absolute Gasteiger partial charge is 0.322 e. The van der Waals surface area contributed by atoms with Crippen LogP contribution in [0.1, 0.15) is 22.9 Å². The number of hydrogen-bond acceptors (Lipinski definition) is 2. The molecular formula is C14H11Br2F3N2. The zero-order chi connectivity index (χ0) is 15.6. The molecule has 2 N–H and O–H groups in total. The third kappa shape index (κ3) is 4.28. The van der Waals surface area contributed by atoms with Crippen molar-refractivity contribution in [1.82, 2.24) is 4.98 Å². The SMILES string of the molecule is NC(Cc1ccc(C(F)(F)F)cc1)c1ncc(Br)cc1Br. The van der Waals surface area contributed by atoms with Gasteiger partial charge in [-0.25, -0.2) is 0 Å². The Morgan fingerprint density at radius 2 is 1.76 bits per heavy atom. The fourth-order valence-corrected chi connectivity index (χ4v) is 3.16. The number of hydrogen-bond donors (Lipinski definition) is 1. The number of rotatable bonds is 3. The molecule has 1 atom stereocenters. The Bertz CT molecular complexity index is 627. The van der Waals surface area contributed by atoms with E-state index in [9.17, 15) is 13.2 Å². The van der Waals surface area contributed by atoms with Crippen molar-refractivity contribution in [3.8, 4) is 0 Å². The van der Waals surface area contributed by atoms with E-state index in [1.54, 1.807) is 6.20 Å². The molecule has 0 saturated heterocycles. The number of nitrogens with zero attached hydrogens (tertiary/aromatic N) is 1. The average Bonchev–Trinajstić information content (AvgIpc) is 2.38. The Morgan fingerprint density at radius 1 is 1.14 bits per heavy atom. The standard InChI is InChI=1S/C14H11Br2F3N2/c15-10-6-11(16)13(21-7-10)12(20)5-8-1-3-9(4-2-8)14(17,18)19/h1-4,6-7,12H,5,20H2. The lowest BCUT2D eigenvalue weighted by atomic mass is 10.0. The first-order valence-electron chi connectivity index (χ1n) is 6.00. The number of alkyl halides is 3. The van der Waals surface area contributed by atoms with Gasteiger partial charge in [0.2, 0.25) is 0 Å². The van der Waals surface area contributed by atoms with Crippen molar-refractivity contribution in [2.45, 2.75) is 18.6 Å². The van der Waals surface area contributed by atoms with Gasteiger partial charge in [0.25, 0.3) is 0 Å². The van der Waals surface area contributed by atoms with E-state index in [-0.39, 0.29) is 0 Å². The third-order valence-corrected chi connectivity index (χ3v) is 3.99. The van der Waals surface area contributed by atoms with E-state index in [1.165, 1.54) is 12.1 Å². The molecule has 2 rings (SSSR count). The van der Waals surface area contributed by atoms with Gasteiger partial charge in [-0.15, -0.1) is 0 Å². The molecule has 112 valence electrons. The molecule has 2 nitrogen and oxygen atoms in total. The van der Waals surface area contributed by atoms with Gasteiger partial charge in [-0.1, -0.05) is 12.1 Å². The van der Waals surface area contributed by atoms with Gasteiger partial charge in [-0.3, -0.25) is 4.98 Å². The van der Waals surface area contributed by atoms with E-state index in [0.29, 0.717) is 12.1 Å². The zero-order valence-electron chi connectivity index (χ0n) is 10.7. The number of nitrogens with two attached hydrogens (primary N) is 1. The Balaban J connectivity index is 2.14. The first kappa shape index (κ1) is 16.5. The fourth-order valence-electron chi connectivity index (χ4n) is 1.88. The average molecular weight is 424 g/mol. The molecule has 0 aliphatic carbocycles. The first-order chi connectivity index (χ1) is 9.77. The Morgan fingerprint density at radius 3 is 2.29 bits per heavy atom. The van der Waals surface area contributed by atoms with Crippen LogP contribution < -0.4 is 5.73 Å². The van der Waals surface area contributed by atoms with Crippen LogP contribution in [-0.4, -0.2) is 4.98 Å². The van der Waals surface area contributed by atoms with Crippen molar-refractivity contribution in [2.75, 3.05) is 0 Å². The van der Waals surface area contributed by atoms with E-state index >= 15 is 0 Å². The maximum atomic E-state index is 12.5. The highest BCUT2D eigenvalue weighted by molar-refractivity contribution is 9.11. The molecule has 7 heteroatoms. The molecule has 21 heavy (non-hydrogen) atoms. The Hall–Kier alpha value is -0.920. The van der Waals surface area contributed by atoms with Gasteiger partial charge in [0.1, 0.15) is 0 Å². The van der Waals surface area contributed by atoms with Gasteiger partial charge in [-0.2, -0.15) is 13.2 Å². The lowest BCUT2D eigenvalue weighted by molar-refractivity contribution is -0.137. The van der Waals surface area contributed by atoms with Gasteiger partial charge in [0.15, 0.2) is 0 Å². The van der Waals surface area contributed by atoms with Crippen molar-refractivity contribution in [3.05, 3.63) is 62.3 Å². The van der Waals surface area contributed by atoms with Crippen molar-refractivity contribution < 1.29 is 13.2 Å². The van der Waals surface area contributed by atoms with Gasteiger partial charge in [0.05, 0.1) is 17.3 Å². The van der Waals surface area contributed by atoms with Crippen LogP contribution in [-0.2, 0) is 12.6 Å². The summed E-state index contributed by atoms with van der Waals surface area (Å²) in [5, 5.41) is 0. The van der Waals surface area contributed by atoms with E-state index < -0.39 is 17.8 Å². The second-order valence-electron chi connectivity index (χ2n) is 4.53. The monoisotopic (exact) mass is 422 g/mol. The van der Waals surface area contributed by atoms with Crippen LogP contribution in [0.4, 0.5) is 13.2 Å². The molecule has 0 aliphatic heterocycles. The number of pyridine rings is 1. The lowest BCUT2D eigenvalue weighted by Crippen LogP contribution is -2.15. The zero-order valence-corrected chi connectivity index (χ0v) is 13.8. The molecule has 0 fully saturated rings. The molecule has 1 unspecified atom stereocenters. The highest BCUT2D eigenvalue weighted by Gasteiger charge is 2.30. The summed E-state index contributed by atoms with van der Waals surface area (Å²) in [4.78, 5) is 4.23. The van der Waals surface area contributed by atoms with E-state index in [2.05, 4.69) is 36.8 Å². The maximum absolute atomic E-state index is 12.5. The van der Waals surface area contributed by atoms with Crippen LogP contribution in [0.15, 0.2) is 45.5 Å². The van der Waals surface area contributed by atoms with Crippen molar-refractivity contribution in [2.24, 2.45) is 5.73 Å². The molecule has 0 bridgehead atoms. The molecule has 1 aromatic heterocycles. The molecule has 0 spiro atoms. The predicted molar refractivity (Wildman–Crippen MR) is 81.7 cm³/mol. The quantitative estimate of drug-likeness (QED) is 0.764. The number of benzene rings is 1. The summed E-state index contributed by atoms with van der Waals surface area (Å²) in [5.74, 6) is 0. The molecule has 0 radical (unpaired) electrons. The molecule has 1 heterocycles. The second-order valence-corrected chi connectivity index (χ2v) is 6.30. The summed E-state index contributed by atoms with van der Waals surface area (Å²) < 4.78 is 39.1. The van der Waals surface area contributed by atoms with Crippen molar-refractivity contribution in [1.29, 1.82) is 0 Å². The first-order valence-corrected chi connectivity index (χ1v) is 7.58. The van der Waals surface area contributed by atoms with Gasteiger partial charge in [-0.05, 0) is 62.0 Å².